The van der Waals surface area contributed by atoms with Gasteiger partial charge in [0.2, 0.25) is 5.79 Å². The maximum Gasteiger partial charge on any atom is 0.211 e. The fourth-order valence-corrected chi connectivity index (χ4v) is 4.44. The predicted octanol–water partition coefficient (Wildman–Crippen LogP) is 3.87. The van der Waals surface area contributed by atoms with E-state index in [0.717, 1.165) is 0 Å². The second kappa shape index (κ2) is 7.75. The molecule has 0 bridgehead atoms. The minimum atomic E-state index is -3.47. The van der Waals surface area contributed by atoms with Crippen molar-refractivity contribution in [2.24, 2.45) is 10.7 Å². The third kappa shape index (κ3) is 4.17. The van der Waals surface area contributed by atoms with Crippen LogP contribution in [0.4, 0.5) is 5.69 Å². The molecule has 1 heterocycles. The molecular weight excluding hydrogens is 419 g/mol. The van der Waals surface area contributed by atoms with E-state index in [1.807, 2.05) is 0 Å². The van der Waals surface area contributed by atoms with Crippen LogP contribution in [0.25, 0.3) is 0 Å². The van der Waals surface area contributed by atoms with Crippen LogP contribution in [0.5, 0.6) is 0 Å². The summed E-state index contributed by atoms with van der Waals surface area (Å²) in [5.41, 5.74) is 7.40. The Labute approximate surface area is 174 Å². The van der Waals surface area contributed by atoms with E-state index in [1.165, 1.54) is 0 Å². The van der Waals surface area contributed by atoms with Crippen molar-refractivity contribution in [2.75, 3.05) is 5.32 Å². The molecule has 0 saturated carbocycles. The van der Waals surface area contributed by atoms with Crippen LogP contribution in [-0.4, -0.2) is 19.5 Å². The first-order valence-electron chi connectivity index (χ1n) is 8.51. The number of hydrogen-bond acceptors (Lipinski definition) is 6. The topological polar surface area (TPSA) is 96.6 Å². The molecule has 148 valence electrons. The Hall–Kier alpha value is -2.06. The second-order valence-electron chi connectivity index (χ2n) is 6.61. The number of amidine groups is 1. The van der Waals surface area contributed by atoms with Crippen molar-refractivity contribution in [1.29, 1.82) is 0 Å². The van der Waals surface area contributed by atoms with Gasteiger partial charge in [-0.25, -0.2) is 13.4 Å². The van der Waals surface area contributed by atoms with E-state index in [1.54, 1.807) is 68.6 Å². The summed E-state index contributed by atoms with van der Waals surface area (Å²) < 4.78 is 25.3. The second-order valence-corrected chi connectivity index (χ2v) is 9.96. The summed E-state index contributed by atoms with van der Waals surface area (Å²) in [5.74, 6) is -0.916. The highest BCUT2D eigenvalue weighted by molar-refractivity contribution is 7.92. The lowest BCUT2D eigenvalue weighted by Crippen LogP contribution is -2.49. The van der Waals surface area contributed by atoms with Gasteiger partial charge < -0.3 is 10.6 Å². The van der Waals surface area contributed by atoms with Crippen molar-refractivity contribution >= 4 is 44.6 Å². The lowest BCUT2D eigenvalue weighted by atomic mass is 10.1. The van der Waals surface area contributed by atoms with E-state index in [9.17, 15) is 8.42 Å². The largest absolute Gasteiger partial charge is 0.351 e. The summed E-state index contributed by atoms with van der Waals surface area (Å²) in [7, 11) is -3.47. The zero-order chi connectivity index (χ0) is 20.5. The quantitative estimate of drug-likeness (QED) is 0.672. The average molecular weight is 439 g/mol. The summed E-state index contributed by atoms with van der Waals surface area (Å²) in [6, 6.07) is 11.6. The number of nitrogens with two attached hydrogens (primary N) is 1. The first-order valence-corrected chi connectivity index (χ1v) is 10.8. The van der Waals surface area contributed by atoms with Gasteiger partial charge in [0, 0.05) is 21.8 Å². The molecule has 4 N–H and O–H groups in total. The van der Waals surface area contributed by atoms with Gasteiger partial charge in [-0.15, -0.1) is 0 Å². The number of nitrogens with one attached hydrogen (secondary N) is 2. The first-order chi connectivity index (χ1) is 13.1. The summed E-state index contributed by atoms with van der Waals surface area (Å²) >= 11 is 12.2. The van der Waals surface area contributed by atoms with Gasteiger partial charge in [0.1, 0.15) is 5.84 Å². The van der Waals surface area contributed by atoms with Crippen molar-refractivity contribution in [3.8, 4) is 0 Å². The highest BCUT2D eigenvalue weighted by atomic mass is 35.5. The average Bonchev–Trinajstić information content (AvgIpc) is 2.61. The molecule has 2 aromatic carbocycles. The molecule has 6 nitrogen and oxygen atoms in total. The molecule has 0 radical (unpaired) electrons. The van der Waals surface area contributed by atoms with Gasteiger partial charge in [0.05, 0.1) is 15.8 Å². The van der Waals surface area contributed by atoms with Crippen LogP contribution in [-0.2, 0) is 15.6 Å². The van der Waals surface area contributed by atoms with Crippen LogP contribution in [0.15, 0.2) is 64.6 Å². The van der Waals surface area contributed by atoms with Crippen molar-refractivity contribution < 1.29 is 8.42 Å². The van der Waals surface area contributed by atoms with E-state index in [2.05, 4.69) is 15.6 Å². The third-order valence-electron chi connectivity index (χ3n) is 4.22. The van der Waals surface area contributed by atoms with E-state index >= 15 is 0 Å². The number of para-hydroxylation sites is 1. The zero-order valence-electron chi connectivity index (χ0n) is 15.3. The van der Waals surface area contributed by atoms with Crippen molar-refractivity contribution in [3.05, 3.63) is 70.3 Å². The number of hydrogen-bond donors (Lipinski definition) is 3. The van der Waals surface area contributed by atoms with E-state index in [0.29, 0.717) is 27.1 Å². The van der Waals surface area contributed by atoms with Crippen LogP contribution in [0.1, 0.15) is 19.4 Å². The predicted molar refractivity (Wildman–Crippen MR) is 114 cm³/mol. The molecule has 9 heteroatoms. The van der Waals surface area contributed by atoms with Gasteiger partial charge in [-0.05, 0) is 50.3 Å². The van der Waals surface area contributed by atoms with E-state index in [-0.39, 0.29) is 4.90 Å². The van der Waals surface area contributed by atoms with Crippen LogP contribution in [0.2, 0.25) is 10.0 Å². The Balaban J connectivity index is 1.99. The maximum absolute atomic E-state index is 12.7. The molecule has 0 spiro atoms. The molecular formula is C19H20Cl2N4O2S. The fourth-order valence-electron chi connectivity index (χ4n) is 2.71. The van der Waals surface area contributed by atoms with Crippen LogP contribution in [0.3, 0.4) is 0 Å². The molecule has 1 atom stereocenters. The van der Waals surface area contributed by atoms with Crippen molar-refractivity contribution in [2.45, 2.75) is 29.8 Å². The van der Waals surface area contributed by atoms with Crippen molar-refractivity contribution in [1.82, 2.24) is 5.32 Å². The summed E-state index contributed by atoms with van der Waals surface area (Å²) in [6.45, 7) is 3.28. The number of benzene rings is 2. The Kier molecular flexibility index (Phi) is 5.72. The van der Waals surface area contributed by atoms with Crippen molar-refractivity contribution in [3.63, 3.8) is 0 Å². The molecule has 0 fully saturated rings. The molecule has 0 aliphatic carbocycles. The minimum Gasteiger partial charge on any atom is -0.351 e. The highest BCUT2D eigenvalue weighted by Gasteiger charge is 2.29. The SMILES string of the molecule is CC(C)S(=O)(=O)c1ccccc1NC1=NC(N)(c2cc(Cl)cc(Cl)c2)NC=C1. The number of nitrogens with zero attached hydrogens (tertiary/aromatic N) is 1. The Bertz CT molecular complexity index is 1050. The first kappa shape index (κ1) is 20.7. The fraction of sp³-hybridized carbons (Fsp3) is 0.211. The Morgan fingerprint density at radius 3 is 2.43 bits per heavy atom. The molecule has 2 aromatic rings. The third-order valence-corrected chi connectivity index (χ3v) is 6.87. The van der Waals surface area contributed by atoms with Crippen LogP contribution in [0, 0.1) is 0 Å². The smallest absolute Gasteiger partial charge is 0.211 e. The number of sulfone groups is 1. The Morgan fingerprint density at radius 2 is 1.79 bits per heavy atom. The Morgan fingerprint density at radius 1 is 1.14 bits per heavy atom. The molecule has 0 amide bonds. The number of aliphatic imine (C=N–C) groups is 1. The van der Waals surface area contributed by atoms with Gasteiger partial charge in [-0.2, -0.15) is 0 Å². The summed E-state index contributed by atoms with van der Waals surface area (Å²) in [4.78, 5) is 4.70. The maximum atomic E-state index is 12.7. The standard InChI is InChI=1S/C19H20Cl2N4O2S/c1-12(2)28(26,27)17-6-4-3-5-16(17)24-18-7-8-23-19(22,25-18)13-9-14(20)11-15(21)10-13/h3-12,23H,22H2,1-2H3,(H,24,25). The lowest BCUT2D eigenvalue weighted by Gasteiger charge is -2.30. The molecule has 1 aliphatic heterocycles. The van der Waals surface area contributed by atoms with Gasteiger partial charge in [-0.1, -0.05) is 35.3 Å². The molecule has 1 aliphatic rings. The monoisotopic (exact) mass is 438 g/mol. The normalized spacial score (nSPS) is 19.3. The zero-order valence-corrected chi connectivity index (χ0v) is 17.6. The number of anilines is 1. The van der Waals surface area contributed by atoms with Crippen LogP contribution < -0.4 is 16.4 Å². The molecule has 0 saturated heterocycles. The highest BCUT2D eigenvalue weighted by Crippen LogP contribution is 2.28. The van der Waals surface area contributed by atoms with E-state index in [4.69, 9.17) is 28.9 Å². The summed E-state index contributed by atoms with van der Waals surface area (Å²) in [5, 5.41) is 6.35. The van der Waals surface area contributed by atoms with Gasteiger partial charge in [-0.3, -0.25) is 5.73 Å². The van der Waals surface area contributed by atoms with Gasteiger partial charge >= 0.3 is 0 Å². The van der Waals surface area contributed by atoms with Crippen LogP contribution >= 0.6 is 23.2 Å². The van der Waals surface area contributed by atoms with E-state index < -0.39 is 20.9 Å². The number of halogens is 2. The number of rotatable bonds is 4. The lowest BCUT2D eigenvalue weighted by molar-refractivity contribution is 0.410. The molecule has 3 rings (SSSR count). The molecule has 1 unspecified atom stereocenters. The summed E-state index contributed by atoms with van der Waals surface area (Å²) in [6.07, 6.45) is 3.29. The molecule has 28 heavy (non-hydrogen) atoms. The molecule has 0 aromatic heterocycles. The van der Waals surface area contributed by atoms with Gasteiger partial charge in [0.15, 0.2) is 9.84 Å². The minimum absolute atomic E-state index is 0.202. The van der Waals surface area contributed by atoms with Gasteiger partial charge in [0.25, 0.3) is 0 Å².